The summed E-state index contributed by atoms with van der Waals surface area (Å²) in [5.74, 6) is -0.299. The van der Waals surface area contributed by atoms with Gasteiger partial charge in [0.1, 0.15) is 6.61 Å². The summed E-state index contributed by atoms with van der Waals surface area (Å²) in [6, 6.07) is 0. The Balaban J connectivity index is 1.91. The minimum atomic E-state index is -0.231. The van der Waals surface area contributed by atoms with Crippen LogP contribution in [0.3, 0.4) is 0 Å². The van der Waals surface area contributed by atoms with E-state index in [1.807, 2.05) is 12.2 Å². The van der Waals surface area contributed by atoms with Crippen molar-refractivity contribution >= 4 is 11.9 Å². The van der Waals surface area contributed by atoms with Crippen LogP contribution in [-0.2, 0) is 19.1 Å². The topological polar surface area (TPSA) is 52.6 Å². The zero-order chi connectivity index (χ0) is 11.1. The summed E-state index contributed by atoms with van der Waals surface area (Å²) >= 11 is 0. The van der Waals surface area contributed by atoms with E-state index < -0.39 is 0 Å². The molecular weight excluding hydrogens is 208 g/mol. The maximum atomic E-state index is 11.5. The highest BCUT2D eigenvalue weighted by molar-refractivity contribution is 5.94. The van der Waals surface area contributed by atoms with Gasteiger partial charge in [0.2, 0.25) is 0 Å². The van der Waals surface area contributed by atoms with E-state index in [9.17, 15) is 9.59 Å². The molecule has 0 radical (unpaired) electrons. The van der Waals surface area contributed by atoms with Crippen molar-refractivity contribution in [2.45, 2.75) is 12.8 Å². The van der Waals surface area contributed by atoms with E-state index in [2.05, 4.69) is 0 Å². The first-order chi connectivity index (χ1) is 7.77. The molecule has 0 aromatic rings. The molecule has 0 unspecified atom stereocenters. The van der Waals surface area contributed by atoms with E-state index in [1.165, 1.54) is 0 Å². The van der Waals surface area contributed by atoms with Crippen LogP contribution in [0.1, 0.15) is 12.8 Å². The number of cyclic esters (lactones) is 2. The largest absolute Gasteiger partial charge is 0.462 e. The molecule has 3 aliphatic rings. The molecule has 4 heteroatoms. The van der Waals surface area contributed by atoms with Crippen molar-refractivity contribution in [1.82, 2.24) is 0 Å². The Morgan fingerprint density at radius 2 is 1.75 bits per heavy atom. The first-order valence-corrected chi connectivity index (χ1v) is 5.51. The van der Waals surface area contributed by atoms with E-state index >= 15 is 0 Å². The van der Waals surface area contributed by atoms with Gasteiger partial charge in [0, 0.05) is 23.0 Å². The number of ether oxygens (including phenoxy) is 2. The fourth-order valence-electron chi connectivity index (χ4n) is 2.73. The molecule has 2 aliphatic heterocycles. The second-order valence-electron chi connectivity index (χ2n) is 4.31. The van der Waals surface area contributed by atoms with Gasteiger partial charge >= 0.3 is 11.9 Å². The molecule has 1 fully saturated rings. The maximum Gasteiger partial charge on any atom is 0.334 e. The molecule has 0 aromatic heterocycles. The van der Waals surface area contributed by atoms with Crippen LogP contribution >= 0.6 is 0 Å². The highest BCUT2D eigenvalue weighted by Crippen LogP contribution is 2.40. The van der Waals surface area contributed by atoms with Crippen LogP contribution in [-0.4, -0.2) is 25.2 Å². The maximum absolute atomic E-state index is 11.5. The Morgan fingerprint density at radius 1 is 1.00 bits per heavy atom. The van der Waals surface area contributed by atoms with Gasteiger partial charge in [-0.25, -0.2) is 9.59 Å². The van der Waals surface area contributed by atoms with Gasteiger partial charge in [0.05, 0.1) is 6.61 Å². The van der Waals surface area contributed by atoms with Crippen LogP contribution in [0.15, 0.2) is 23.3 Å². The van der Waals surface area contributed by atoms with E-state index in [1.54, 1.807) is 0 Å². The number of esters is 2. The minimum absolute atomic E-state index is 0.0538. The molecule has 2 heterocycles. The normalized spacial score (nSPS) is 32.8. The zero-order valence-corrected chi connectivity index (χ0v) is 8.77. The smallest absolute Gasteiger partial charge is 0.334 e. The van der Waals surface area contributed by atoms with Crippen LogP contribution in [0.25, 0.3) is 0 Å². The van der Waals surface area contributed by atoms with Crippen LogP contribution in [0.5, 0.6) is 0 Å². The van der Waals surface area contributed by atoms with E-state index in [0.717, 1.165) is 24.0 Å². The van der Waals surface area contributed by atoms with Gasteiger partial charge in [0.25, 0.3) is 0 Å². The van der Waals surface area contributed by atoms with Crippen molar-refractivity contribution in [3.8, 4) is 0 Å². The Morgan fingerprint density at radius 3 is 2.50 bits per heavy atom. The summed E-state index contributed by atoms with van der Waals surface area (Å²) < 4.78 is 9.96. The zero-order valence-electron chi connectivity index (χ0n) is 8.77. The third-order valence-corrected chi connectivity index (χ3v) is 3.51. The quantitative estimate of drug-likeness (QED) is 0.618. The molecule has 1 saturated heterocycles. The van der Waals surface area contributed by atoms with Gasteiger partial charge in [-0.05, 0) is 18.9 Å². The predicted octanol–water partition coefficient (Wildman–Crippen LogP) is 0.979. The van der Waals surface area contributed by atoms with Gasteiger partial charge in [-0.1, -0.05) is 6.08 Å². The number of hydrogen-bond acceptors (Lipinski definition) is 4. The van der Waals surface area contributed by atoms with E-state index in [0.29, 0.717) is 13.2 Å². The number of rotatable bonds is 1. The van der Waals surface area contributed by atoms with Gasteiger partial charge < -0.3 is 9.47 Å². The first kappa shape index (κ1) is 9.63. The number of carbonyl (C=O) groups excluding carboxylic acids is 2. The van der Waals surface area contributed by atoms with Crippen molar-refractivity contribution in [3.05, 3.63) is 23.3 Å². The number of allylic oxidation sites excluding steroid dienone is 1. The lowest BCUT2D eigenvalue weighted by Crippen LogP contribution is -2.24. The Bertz CT molecular complexity index is 419. The average molecular weight is 220 g/mol. The minimum Gasteiger partial charge on any atom is -0.462 e. The molecule has 0 saturated carbocycles. The lowest BCUT2D eigenvalue weighted by atomic mass is 9.76. The third-order valence-electron chi connectivity index (χ3n) is 3.51. The molecule has 0 aromatic carbocycles. The van der Waals surface area contributed by atoms with Crippen LogP contribution in [0.2, 0.25) is 0 Å². The highest BCUT2D eigenvalue weighted by atomic mass is 16.5. The fraction of sp³-hybridized carbons (Fsp3) is 0.500. The van der Waals surface area contributed by atoms with Gasteiger partial charge in [-0.3, -0.25) is 0 Å². The van der Waals surface area contributed by atoms with Crippen molar-refractivity contribution in [2.75, 3.05) is 13.2 Å². The number of hydrogen-bond donors (Lipinski definition) is 0. The van der Waals surface area contributed by atoms with Gasteiger partial charge in [-0.2, -0.15) is 0 Å². The second-order valence-corrected chi connectivity index (χ2v) is 4.31. The van der Waals surface area contributed by atoms with Crippen molar-refractivity contribution in [1.29, 1.82) is 0 Å². The Kier molecular flexibility index (Phi) is 2.09. The summed E-state index contributed by atoms with van der Waals surface area (Å²) in [6.07, 6.45) is 5.50. The van der Waals surface area contributed by atoms with Crippen molar-refractivity contribution in [3.63, 3.8) is 0 Å². The van der Waals surface area contributed by atoms with Gasteiger partial charge in [0.15, 0.2) is 0 Å². The van der Waals surface area contributed by atoms with Crippen molar-refractivity contribution < 1.29 is 19.1 Å². The lowest BCUT2D eigenvalue weighted by molar-refractivity contribution is -0.136. The summed E-state index contributed by atoms with van der Waals surface area (Å²) in [5, 5.41) is 0. The molecule has 0 N–H and O–H groups in total. The van der Waals surface area contributed by atoms with Crippen LogP contribution in [0, 0.1) is 11.8 Å². The summed E-state index contributed by atoms with van der Waals surface area (Å²) in [7, 11) is 0. The standard InChI is InChI=1S/C12H12O4/c13-11-9(4-5-15-11)7-2-1-3-8-10(7)6-16-12(8)14/h3-4,7,10H,1-2,5-6H2/t7-,10+/m1/s1. The molecule has 4 nitrogen and oxygen atoms in total. The molecule has 1 aliphatic carbocycles. The lowest BCUT2D eigenvalue weighted by Gasteiger charge is -2.25. The summed E-state index contributed by atoms with van der Waals surface area (Å²) in [4.78, 5) is 22.9. The van der Waals surface area contributed by atoms with Crippen LogP contribution in [0.4, 0.5) is 0 Å². The summed E-state index contributed by atoms with van der Waals surface area (Å²) in [5.41, 5.74) is 1.48. The number of fused-ring (bicyclic) bond motifs is 1. The third kappa shape index (κ3) is 1.29. The summed E-state index contributed by atoms with van der Waals surface area (Å²) in [6.45, 7) is 0.769. The van der Waals surface area contributed by atoms with Crippen LogP contribution < -0.4 is 0 Å². The Labute approximate surface area is 92.9 Å². The average Bonchev–Trinajstić information content (AvgIpc) is 2.86. The fourth-order valence-corrected chi connectivity index (χ4v) is 2.73. The molecule has 0 bridgehead atoms. The predicted molar refractivity (Wildman–Crippen MR) is 54.3 cm³/mol. The van der Waals surface area contributed by atoms with E-state index in [-0.39, 0.29) is 23.8 Å². The first-order valence-electron chi connectivity index (χ1n) is 5.51. The molecule has 0 amide bonds. The number of carbonyl (C=O) groups is 2. The highest BCUT2D eigenvalue weighted by Gasteiger charge is 2.42. The molecule has 0 spiro atoms. The Hall–Kier alpha value is -1.58. The second kappa shape index (κ2) is 3.47. The molecule has 3 rings (SSSR count). The van der Waals surface area contributed by atoms with Gasteiger partial charge in [-0.15, -0.1) is 0 Å². The molecule has 2 atom stereocenters. The molecule has 16 heavy (non-hydrogen) atoms. The molecule has 84 valence electrons. The van der Waals surface area contributed by atoms with E-state index in [4.69, 9.17) is 9.47 Å². The SMILES string of the molecule is O=C1OCC=C1[C@H]1CCC=C2C(=O)OC[C@H]21. The molecular formula is C12H12O4. The van der Waals surface area contributed by atoms with Crippen molar-refractivity contribution in [2.24, 2.45) is 11.8 Å². The monoisotopic (exact) mass is 220 g/mol.